The van der Waals surface area contributed by atoms with Crippen molar-refractivity contribution >= 4 is 11.8 Å². The molecule has 3 aromatic rings. The number of esters is 1. The summed E-state index contributed by atoms with van der Waals surface area (Å²) in [6.45, 7) is 1.36. The Labute approximate surface area is 175 Å². The van der Waals surface area contributed by atoms with Crippen LogP contribution in [0.15, 0.2) is 54.7 Å². The molecule has 0 fully saturated rings. The number of carbonyl (C=O) groups excluding carboxylic acids is 1. The molecule has 0 aliphatic heterocycles. The van der Waals surface area contributed by atoms with E-state index in [-0.39, 0.29) is 17.1 Å². The van der Waals surface area contributed by atoms with Crippen LogP contribution in [-0.4, -0.2) is 18.1 Å². The Morgan fingerprint density at radius 1 is 1.10 bits per heavy atom. The van der Waals surface area contributed by atoms with Crippen molar-refractivity contribution in [1.82, 2.24) is 4.98 Å². The molecule has 5 nitrogen and oxygen atoms in total. The maximum Gasteiger partial charge on any atom is 0.419 e. The molecule has 9 heteroatoms. The van der Waals surface area contributed by atoms with E-state index in [1.54, 1.807) is 24.3 Å². The van der Waals surface area contributed by atoms with Crippen LogP contribution in [0.3, 0.4) is 0 Å². The SMILES string of the molecule is COC(=O)c1ccc(-c2cnc(N)c(OC(C)c3cccc(F)c3C(F)(F)F)c2)cc1. The number of pyridine rings is 1. The van der Waals surface area contributed by atoms with E-state index in [2.05, 4.69) is 9.72 Å². The third-order valence-electron chi connectivity index (χ3n) is 4.59. The van der Waals surface area contributed by atoms with Gasteiger partial charge in [-0.15, -0.1) is 0 Å². The number of alkyl halides is 3. The van der Waals surface area contributed by atoms with Crippen LogP contribution in [0.4, 0.5) is 23.4 Å². The van der Waals surface area contributed by atoms with Crippen LogP contribution < -0.4 is 10.5 Å². The Kier molecular flexibility index (Phi) is 6.14. The molecule has 31 heavy (non-hydrogen) atoms. The Bertz CT molecular complexity index is 1100. The van der Waals surface area contributed by atoms with Gasteiger partial charge in [0, 0.05) is 17.3 Å². The van der Waals surface area contributed by atoms with Gasteiger partial charge in [0.2, 0.25) is 0 Å². The highest BCUT2D eigenvalue weighted by atomic mass is 19.4. The number of ether oxygens (including phenoxy) is 2. The van der Waals surface area contributed by atoms with E-state index in [0.717, 1.165) is 12.1 Å². The lowest BCUT2D eigenvalue weighted by Crippen LogP contribution is -2.16. The monoisotopic (exact) mass is 434 g/mol. The Morgan fingerprint density at radius 3 is 2.39 bits per heavy atom. The van der Waals surface area contributed by atoms with E-state index in [1.807, 2.05) is 0 Å². The second-order valence-corrected chi connectivity index (χ2v) is 6.64. The third kappa shape index (κ3) is 4.76. The van der Waals surface area contributed by atoms with Crippen molar-refractivity contribution in [1.29, 1.82) is 0 Å². The van der Waals surface area contributed by atoms with Crippen molar-refractivity contribution in [2.75, 3.05) is 12.8 Å². The summed E-state index contributed by atoms with van der Waals surface area (Å²) < 4.78 is 64.1. The number of methoxy groups -OCH3 is 1. The molecule has 1 aromatic heterocycles. The molecule has 2 N–H and O–H groups in total. The lowest BCUT2D eigenvalue weighted by Gasteiger charge is -2.21. The van der Waals surface area contributed by atoms with E-state index in [4.69, 9.17) is 10.5 Å². The van der Waals surface area contributed by atoms with Gasteiger partial charge < -0.3 is 15.2 Å². The van der Waals surface area contributed by atoms with Gasteiger partial charge in [0.1, 0.15) is 11.9 Å². The molecule has 0 bridgehead atoms. The average molecular weight is 434 g/mol. The van der Waals surface area contributed by atoms with Crippen LogP contribution in [-0.2, 0) is 10.9 Å². The standard InChI is InChI=1S/C22H18F4N2O3/c1-12(16-4-3-5-17(23)19(16)22(24,25)26)31-18-10-15(11-28-20(18)27)13-6-8-14(9-7-13)21(29)30-2/h3-12H,1-2H3,(H2,27,28). The molecule has 0 aliphatic carbocycles. The van der Waals surface area contributed by atoms with Crippen molar-refractivity contribution < 1.29 is 31.8 Å². The molecule has 0 aliphatic rings. The number of aromatic nitrogens is 1. The Morgan fingerprint density at radius 2 is 1.77 bits per heavy atom. The highest BCUT2D eigenvalue weighted by molar-refractivity contribution is 5.90. The van der Waals surface area contributed by atoms with Gasteiger partial charge in [-0.05, 0) is 36.8 Å². The second-order valence-electron chi connectivity index (χ2n) is 6.64. The molecule has 3 rings (SSSR count). The van der Waals surface area contributed by atoms with Gasteiger partial charge in [-0.25, -0.2) is 14.2 Å². The predicted octanol–water partition coefficient (Wildman–Crippen LogP) is 5.42. The minimum Gasteiger partial charge on any atom is -0.482 e. The minimum atomic E-state index is -4.88. The number of hydrogen-bond acceptors (Lipinski definition) is 5. The summed E-state index contributed by atoms with van der Waals surface area (Å²) >= 11 is 0. The molecule has 1 heterocycles. The third-order valence-corrected chi connectivity index (χ3v) is 4.59. The van der Waals surface area contributed by atoms with Gasteiger partial charge in [0.15, 0.2) is 11.6 Å². The van der Waals surface area contributed by atoms with E-state index >= 15 is 0 Å². The zero-order valence-corrected chi connectivity index (χ0v) is 16.5. The van der Waals surface area contributed by atoms with E-state index in [9.17, 15) is 22.4 Å². The summed E-state index contributed by atoms with van der Waals surface area (Å²) in [7, 11) is 1.27. The highest BCUT2D eigenvalue weighted by Crippen LogP contribution is 2.38. The number of carbonyl (C=O) groups is 1. The summed E-state index contributed by atoms with van der Waals surface area (Å²) in [4.78, 5) is 15.6. The van der Waals surface area contributed by atoms with Gasteiger partial charge in [-0.1, -0.05) is 24.3 Å². The number of rotatable bonds is 5. The maximum atomic E-state index is 13.9. The van der Waals surface area contributed by atoms with Crippen molar-refractivity contribution in [3.63, 3.8) is 0 Å². The molecule has 2 aromatic carbocycles. The van der Waals surface area contributed by atoms with Crippen LogP contribution in [0.5, 0.6) is 5.75 Å². The number of halogens is 4. The first-order valence-corrected chi connectivity index (χ1v) is 9.08. The molecule has 162 valence electrons. The maximum absolute atomic E-state index is 13.9. The van der Waals surface area contributed by atoms with E-state index < -0.39 is 29.6 Å². The summed E-state index contributed by atoms with van der Waals surface area (Å²) in [5, 5.41) is 0. The minimum absolute atomic E-state index is 0.0354. The fourth-order valence-electron chi connectivity index (χ4n) is 3.06. The molecule has 0 amide bonds. The number of hydrogen-bond donors (Lipinski definition) is 1. The van der Waals surface area contributed by atoms with Crippen LogP contribution in [0.2, 0.25) is 0 Å². The summed E-state index contributed by atoms with van der Waals surface area (Å²) in [5.74, 6) is -1.87. The number of nitrogens with zero attached hydrogens (tertiary/aromatic N) is 1. The summed E-state index contributed by atoms with van der Waals surface area (Å²) in [5.41, 5.74) is 5.67. The van der Waals surface area contributed by atoms with Crippen LogP contribution in [0, 0.1) is 5.82 Å². The van der Waals surface area contributed by atoms with Gasteiger partial charge >= 0.3 is 12.1 Å². The van der Waals surface area contributed by atoms with Crippen LogP contribution >= 0.6 is 0 Å². The van der Waals surface area contributed by atoms with Gasteiger partial charge in [-0.2, -0.15) is 13.2 Å². The van der Waals surface area contributed by atoms with Crippen molar-refractivity contribution in [3.05, 3.63) is 77.2 Å². The van der Waals surface area contributed by atoms with Crippen molar-refractivity contribution in [3.8, 4) is 16.9 Å². The molecule has 0 radical (unpaired) electrons. The van der Waals surface area contributed by atoms with Gasteiger partial charge in [0.25, 0.3) is 0 Å². The van der Waals surface area contributed by atoms with E-state index in [1.165, 1.54) is 32.4 Å². The normalized spacial score (nSPS) is 12.3. The van der Waals surface area contributed by atoms with E-state index in [0.29, 0.717) is 16.7 Å². The summed E-state index contributed by atoms with van der Waals surface area (Å²) in [6.07, 6.45) is -4.58. The van der Waals surface area contributed by atoms with Crippen LogP contribution in [0.25, 0.3) is 11.1 Å². The molecular formula is C22H18F4N2O3. The quantitative estimate of drug-likeness (QED) is 0.429. The van der Waals surface area contributed by atoms with Gasteiger partial charge in [-0.3, -0.25) is 0 Å². The topological polar surface area (TPSA) is 74.4 Å². The number of anilines is 1. The first-order valence-electron chi connectivity index (χ1n) is 9.08. The zero-order valence-electron chi connectivity index (χ0n) is 16.5. The lowest BCUT2D eigenvalue weighted by molar-refractivity contribution is -0.141. The van der Waals surface area contributed by atoms with Crippen molar-refractivity contribution in [2.24, 2.45) is 0 Å². The smallest absolute Gasteiger partial charge is 0.419 e. The predicted molar refractivity (Wildman–Crippen MR) is 106 cm³/mol. The summed E-state index contributed by atoms with van der Waals surface area (Å²) in [6, 6.07) is 11.0. The average Bonchev–Trinajstić information content (AvgIpc) is 2.73. The fraction of sp³-hybridized carbons (Fsp3) is 0.182. The number of benzene rings is 2. The Balaban J connectivity index is 1.92. The largest absolute Gasteiger partial charge is 0.482 e. The molecule has 1 unspecified atom stereocenters. The second kappa shape index (κ2) is 8.63. The van der Waals surface area contributed by atoms with Gasteiger partial charge in [0.05, 0.1) is 18.2 Å². The van der Waals surface area contributed by atoms with Crippen molar-refractivity contribution in [2.45, 2.75) is 19.2 Å². The molecule has 1 atom stereocenters. The zero-order chi connectivity index (χ0) is 22.8. The molecular weight excluding hydrogens is 416 g/mol. The lowest BCUT2D eigenvalue weighted by atomic mass is 10.0. The number of nitrogen functional groups attached to an aromatic ring is 1. The molecule has 0 spiro atoms. The Hall–Kier alpha value is -3.62. The van der Waals surface area contributed by atoms with Crippen LogP contribution in [0.1, 0.15) is 34.5 Å². The first-order chi connectivity index (χ1) is 14.6. The first kappa shape index (κ1) is 22.1. The fourth-order valence-corrected chi connectivity index (χ4v) is 3.06. The molecule has 0 saturated carbocycles. The highest BCUT2D eigenvalue weighted by Gasteiger charge is 2.38. The molecule has 0 saturated heterocycles. The number of nitrogens with two attached hydrogens (primary N) is 1.